The van der Waals surface area contributed by atoms with Crippen LogP contribution in [0, 0.1) is 6.92 Å². The third-order valence-corrected chi connectivity index (χ3v) is 2.92. The van der Waals surface area contributed by atoms with Gasteiger partial charge in [-0.1, -0.05) is 6.07 Å². The maximum Gasteiger partial charge on any atom is 0.338 e. The molecule has 0 saturated carbocycles. The number of nitrogens with one attached hydrogen (secondary N) is 1. The summed E-state index contributed by atoms with van der Waals surface area (Å²) in [6.45, 7) is 3.45. The summed E-state index contributed by atoms with van der Waals surface area (Å²) in [5.41, 5.74) is 4.30. The predicted molar refractivity (Wildman–Crippen MR) is 57.9 cm³/mol. The molecular formula is C12H15NO2. The van der Waals surface area contributed by atoms with E-state index in [0.29, 0.717) is 6.61 Å². The molecule has 0 spiro atoms. The van der Waals surface area contributed by atoms with Gasteiger partial charge in [-0.05, 0) is 44.1 Å². The average molecular weight is 205 g/mol. The zero-order valence-electron chi connectivity index (χ0n) is 9.09. The van der Waals surface area contributed by atoms with Crippen molar-refractivity contribution < 1.29 is 9.53 Å². The number of cyclic esters (lactones) is 1. The van der Waals surface area contributed by atoms with Gasteiger partial charge in [0.25, 0.3) is 0 Å². The summed E-state index contributed by atoms with van der Waals surface area (Å²) < 4.78 is 5.01. The highest BCUT2D eigenvalue weighted by molar-refractivity contribution is 5.93. The number of carbonyl (C=O) groups is 1. The maximum absolute atomic E-state index is 11.3. The number of ether oxygens (including phenoxy) is 1. The molecule has 2 rings (SSSR count). The highest BCUT2D eigenvalue weighted by Crippen LogP contribution is 2.25. The van der Waals surface area contributed by atoms with Crippen molar-refractivity contribution in [3.05, 3.63) is 34.4 Å². The normalized spacial score (nSPS) is 13.9. The molecule has 0 radical (unpaired) electrons. The third kappa shape index (κ3) is 1.75. The van der Waals surface area contributed by atoms with Gasteiger partial charge in [-0.25, -0.2) is 4.79 Å². The van der Waals surface area contributed by atoms with Crippen LogP contribution in [0.25, 0.3) is 0 Å². The smallest absolute Gasteiger partial charge is 0.338 e. The van der Waals surface area contributed by atoms with Crippen LogP contribution >= 0.6 is 0 Å². The lowest BCUT2D eigenvalue weighted by Gasteiger charge is -2.08. The first-order valence-electron chi connectivity index (χ1n) is 5.17. The molecule has 0 aromatic heterocycles. The molecule has 0 bridgehead atoms. The van der Waals surface area contributed by atoms with E-state index in [-0.39, 0.29) is 5.97 Å². The van der Waals surface area contributed by atoms with E-state index in [1.807, 2.05) is 19.2 Å². The second kappa shape index (κ2) is 4.03. The number of fused-ring (bicyclic) bond motifs is 1. The Balaban J connectivity index is 2.33. The molecule has 80 valence electrons. The van der Waals surface area contributed by atoms with E-state index in [9.17, 15) is 4.79 Å². The Bertz CT molecular complexity index is 399. The number of hydrogen-bond acceptors (Lipinski definition) is 3. The SMILES string of the molecule is CNCCc1ccc2c(c1C)COC2=O. The highest BCUT2D eigenvalue weighted by atomic mass is 16.5. The second-order valence-corrected chi connectivity index (χ2v) is 3.81. The molecule has 15 heavy (non-hydrogen) atoms. The van der Waals surface area contributed by atoms with Gasteiger partial charge in [0.2, 0.25) is 0 Å². The van der Waals surface area contributed by atoms with E-state index in [1.54, 1.807) is 0 Å². The van der Waals surface area contributed by atoms with E-state index in [1.165, 1.54) is 11.1 Å². The standard InChI is InChI=1S/C12H15NO2/c1-8-9(5-6-13-2)3-4-10-11(8)7-15-12(10)14/h3-4,13H,5-7H2,1-2H3. The fourth-order valence-electron chi connectivity index (χ4n) is 1.93. The first-order chi connectivity index (χ1) is 7.24. The Labute approximate surface area is 89.4 Å². The summed E-state index contributed by atoms with van der Waals surface area (Å²) >= 11 is 0. The quantitative estimate of drug-likeness (QED) is 0.758. The summed E-state index contributed by atoms with van der Waals surface area (Å²) in [5, 5.41) is 3.12. The number of benzene rings is 1. The minimum Gasteiger partial charge on any atom is -0.457 e. The molecule has 0 atom stereocenters. The predicted octanol–water partition coefficient (Wildman–Crippen LogP) is 1.43. The Morgan fingerprint density at radius 1 is 1.47 bits per heavy atom. The van der Waals surface area contributed by atoms with E-state index in [0.717, 1.165) is 24.1 Å². The van der Waals surface area contributed by atoms with E-state index >= 15 is 0 Å². The van der Waals surface area contributed by atoms with Crippen molar-refractivity contribution in [3.8, 4) is 0 Å². The van der Waals surface area contributed by atoms with Crippen molar-refractivity contribution >= 4 is 5.97 Å². The molecule has 3 heteroatoms. The number of hydrogen-bond donors (Lipinski definition) is 1. The summed E-state index contributed by atoms with van der Waals surface area (Å²) in [7, 11) is 1.94. The minimum absolute atomic E-state index is 0.187. The van der Waals surface area contributed by atoms with Crippen LogP contribution in [0.1, 0.15) is 27.0 Å². The molecular weight excluding hydrogens is 190 g/mol. The molecule has 1 aliphatic rings. The fourth-order valence-corrected chi connectivity index (χ4v) is 1.93. The molecule has 0 fully saturated rings. The molecule has 1 aromatic rings. The van der Waals surface area contributed by atoms with Crippen LogP contribution < -0.4 is 5.32 Å². The number of esters is 1. The van der Waals surface area contributed by atoms with Crippen molar-refractivity contribution in [2.45, 2.75) is 20.0 Å². The van der Waals surface area contributed by atoms with Gasteiger partial charge in [-0.3, -0.25) is 0 Å². The van der Waals surface area contributed by atoms with Gasteiger partial charge in [0.05, 0.1) is 5.56 Å². The summed E-state index contributed by atoms with van der Waals surface area (Å²) in [4.78, 5) is 11.3. The second-order valence-electron chi connectivity index (χ2n) is 3.81. The zero-order chi connectivity index (χ0) is 10.8. The van der Waals surface area contributed by atoms with E-state index in [2.05, 4.69) is 12.2 Å². The zero-order valence-corrected chi connectivity index (χ0v) is 9.09. The topological polar surface area (TPSA) is 38.3 Å². The van der Waals surface area contributed by atoms with Crippen LogP contribution in [0.5, 0.6) is 0 Å². The summed E-state index contributed by atoms with van der Waals surface area (Å²) in [6.07, 6.45) is 0.990. The van der Waals surface area contributed by atoms with Crippen LogP contribution in [-0.2, 0) is 17.8 Å². The van der Waals surface area contributed by atoms with Crippen LogP contribution in [0.15, 0.2) is 12.1 Å². The van der Waals surface area contributed by atoms with Crippen molar-refractivity contribution in [2.24, 2.45) is 0 Å². The van der Waals surface area contributed by atoms with Crippen LogP contribution in [0.3, 0.4) is 0 Å². The molecule has 0 saturated heterocycles. The first kappa shape index (κ1) is 10.2. The Kier molecular flexibility index (Phi) is 2.73. The Hall–Kier alpha value is -1.35. The Morgan fingerprint density at radius 3 is 3.00 bits per heavy atom. The van der Waals surface area contributed by atoms with Crippen LogP contribution in [0.2, 0.25) is 0 Å². The Morgan fingerprint density at radius 2 is 2.27 bits per heavy atom. The lowest BCUT2D eigenvalue weighted by molar-refractivity contribution is 0.0535. The number of carbonyl (C=O) groups excluding carboxylic acids is 1. The van der Waals surface area contributed by atoms with Gasteiger partial charge in [0.1, 0.15) is 6.61 Å². The van der Waals surface area contributed by atoms with Gasteiger partial charge < -0.3 is 10.1 Å². The summed E-state index contributed by atoms with van der Waals surface area (Å²) in [6, 6.07) is 3.90. The van der Waals surface area contributed by atoms with E-state index < -0.39 is 0 Å². The molecule has 0 unspecified atom stereocenters. The van der Waals surface area contributed by atoms with Crippen molar-refractivity contribution in [2.75, 3.05) is 13.6 Å². The lowest BCUT2D eigenvalue weighted by Crippen LogP contribution is -2.11. The van der Waals surface area contributed by atoms with Gasteiger partial charge in [0.15, 0.2) is 0 Å². The van der Waals surface area contributed by atoms with Gasteiger partial charge in [0, 0.05) is 5.56 Å². The monoisotopic (exact) mass is 205 g/mol. The molecule has 1 aromatic carbocycles. The molecule has 0 amide bonds. The van der Waals surface area contributed by atoms with Gasteiger partial charge in [-0.2, -0.15) is 0 Å². The minimum atomic E-state index is -0.187. The number of rotatable bonds is 3. The van der Waals surface area contributed by atoms with Crippen molar-refractivity contribution in [1.82, 2.24) is 5.32 Å². The fraction of sp³-hybridized carbons (Fsp3) is 0.417. The molecule has 1 N–H and O–H groups in total. The maximum atomic E-state index is 11.3. The highest BCUT2D eigenvalue weighted by Gasteiger charge is 2.23. The largest absolute Gasteiger partial charge is 0.457 e. The van der Waals surface area contributed by atoms with Crippen molar-refractivity contribution in [3.63, 3.8) is 0 Å². The molecule has 0 aliphatic carbocycles. The third-order valence-electron chi connectivity index (χ3n) is 2.92. The van der Waals surface area contributed by atoms with Crippen LogP contribution in [0.4, 0.5) is 0 Å². The van der Waals surface area contributed by atoms with Crippen molar-refractivity contribution in [1.29, 1.82) is 0 Å². The molecule has 3 nitrogen and oxygen atoms in total. The summed E-state index contributed by atoms with van der Waals surface area (Å²) in [5.74, 6) is -0.187. The molecule has 1 heterocycles. The van der Waals surface area contributed by atoms with E-state index in [4.69, 9.17) is 4.74 Å². The first-order valence-corrected chi connectivity index (χ1v) is 5.17. The lowest BCUT2D eigenvalue weighted by atomic mass is 9.97. The average Bonchev–Trinajstić information content (AvgIpc) is 2.61. The van der Waals surface area contributed by atoms with Gasteiger partial charge in [-0.15, -0.1) is 0 Å². The molecule has 1 aliphatic heterocycles. The van der Waals surface area contributed by atoms with Gasteiger partial charge >= 0.3 is 5.97 Å². The van der Waals surface area contributed by atoms with Crippen LogP contribution in [-0.4, -0.2) is 19.6 Å². The number of likely N-dealkylation sites (N-methyl/N-ethyl adjacent to an activating group) is 1.